The second kappa shape index (κ2) is 9.86. The van der Waals surface area contributed by atoms with Gasteiger partial charge in [0.2, 0.25) is 5.95 Å². The highest BCUT2D eigenvalue weighted by Gasteiger charge is 2.60. The van der Waals surface area contributed by atoms with E-state index in [1.165, 1.54) is 0 Å². The molecule has 1 aromatic carbocycles. The number of hydrogen-bond acceptors (Lipinski definition) is 9. The molecule has 202 valence electrons. The van der Waals surface area contributed by atoms with Gasteiger partial charge in [-0.2, -0.15) is 0 Å². The van der Waals surface area contributed by atoms with Gasteiger partial charge in [0.1, 0.15) is 11.6 Å². The van der Waals surface area contributed by atoms with Gasteiger partial charge in [0.25, 0.3) is 0 Å². The molecule has 1 N–H and O–H groups in total. The lowest BCUT2D eigenvalue weighted by molar-refractivity contribution is 0.451. The van der Waals surface area contributed by atoms with E-state index in [1.54, 1.807) is 54.8 Å². The Kier molecular flexibility index (Phi) is 5.71. The van der Waals surface area contributed by atoms with Gasteiger partial charge in [-0.15, -0.1) is 11.3 Å². The number of H-pyrrole nitrogens is 1. The van der Waals surface area contributed by atoms with Crippen molar-refractivity contribution in [1.82, 2.24) is 34.9 Å². The number of imidazole rings is 1. The minimum absolute atomic E-state index is 0.317. The smallest absolute Gasteiger partial charge is 0.231 e. The fourth-order valence-electron chi connectivity index (χ4n) is 6.12. The summed E-state index contributed by atoms with van der Waals surface area (Å²) in [4.78, 5) is 35.3. The molecule has 8 rings (SSSR count). The van der Waals surface area contributed by atoms with Crippen molar-refractivity contribution in [2.75, 3.05) is 4.90 Å². The quantitative estimate of drug-likeness (QED) is 0.240. The first-order chi connectivity index (χ1) is 20.9. The lowest BCUT2D eigenvalue weighted by atomic mass is 9.75. The van der Waals surface area contributed by atoms with E-state index in [9.17, 15) is 0 Å². The maximum atomic E-state index is 6.15. The van der Waals surface area contributed by atoms with Gasteiger partial charge < -0.3 is 9.40 Å². The van der Waals surface area contributed by atoms with Gasteiger partial charge in [-0.1, -0.05) is 12.1 Å². The van der Waals surface area contributed by atoms with Crippen molar-refractivity contribution in [3.8, 4) is 22.6 Å². The Labute approximate surface area is 244 Å². The summed E-state index contributed by atoms with van der Waals surface area (Å²) < 4.78 is 6.15. The third-order valence-corrected chi connectivity index (χ3v) is 8.56. The molecule has 42 heavy (non-hydrogen) atoms. The molecule has 0 saturated heterocycles. The summed E-state index contributed by atoms with van der Waals surface area (Å²) >= 11 is 1.68. The molecule has 0 spiro atoms. The minimum atomic E-state index is -1.03. The van der Waals surface area contributed by atoms with Crippen molar-refractivity contribution in [1.29, 1.82) is 0 Å². The van der Waals surface area contributed by atoms with E-state index in [-0.39, 0.29) is 5.92 Å². The number of aromatic amines is 1. The topological polar surface area (TPSA) is 110 Å². The van der Waals surface area contributed by atoms with E-state index in [4.69, 9.17) is 29.3 Å². The molecule has 7 heterocycles. The van der Waals surface area contributed by atoms with Crippen molar-refractivity contribution in [2.45, 2.75) is 11.5 Å². The van der Waals surface area contributed by atoms with Crippen LogP contribution in [0.3, 0.4) is 0 Å². The molecule has 2 atom stereocenters. The van der Waals surface area contributed by atoms with Gasteiger partial charge in [0.05, 0.1) is 35.5 Å². The molecule has 7 aromatic rings. The number of rotatable bonds is 6. The summed E-state index contributed by atoms with van der Waals surface area (Å²) in [6.45, 7) is 0. The van der Waals surface area contributed by atoms with E-state index >= 15 is 0 Å². The van der Waals surface area contributed by atoms with Crippen LogP contribution in [0.25, 0.3) is 22.6 Å². The van der Waals surface area contributed by atoms with Crippen molar-refractivity contribution in [3.05, 3.63) is 144 Å². The first kappa shape index (κ1) is 24.3. The molecule has 0 fully saturated rings. The molecule has 0 aliphatic carbocycles. The fraction of sp³-hybridized carbons (Fsp3) is 0.0625. The van der Waals surface area contributed by atoms with Crippen LogP contribution in [-0.2, 0) is 5.54 Å². The van der Waals surface area contributed by atoms with Gasteiger partial charge in [0.15, 0.2) is 5.54 Å². The van der Waals surface area contributed by atoms with Crippen molar-refractivity contribution >= 4 is 23.0 Å². The second-order valence-corrected chi connectivity index (χ2v) is 10.7. The predicted molar refractivity (Wildman–Crippen MR) is 159 cm³/mol. The number of nitrogens with one attached hydrogen (secondary N) is 1. The maximum absolute atomic E-state index is 6.15. The summed E-state index contributed by atoms with van der Waals surface area (Å²) in [7, 11) is 0. The van der Waals surface area contributed by atoms with Crippen LogP contribution >= 0.6 is 11.3 Å². The minimum Gasteiger partial charge on any atom is -0.464 e. The number of thiophene rings is 1. The van der Waals surface area contributed by atoms with Crippen LogP contribution in [0.15, 0.2) is 126 Å². The number of furan rings is 1. The Morgan fingerprint density at radius 1 is 0.810 bits per heavy atom. The van der Waals surface area contributed by atoms with E-state index in [2.05, 4.69) is 44.5 Å². The van der Waals surface area contributed by atoms with Gasteiger partial charge in [-0.05, 0) is 59.5 Å². The van der Waals surface area contributed by atoms with Gasteiger partial charge >= 0.3 is 0 Å². The van der Waals surface area contributed by atoms with E-state index in [1.807, 2.05) is 48.8 Å². The zero-order valence-corrected chi connectivity index (χ0v) is 22.9. The SMILES string of the molecule is c1ccc(-c2ccc3c(c2-c2ccco2)C(c2cccs2)C(c2cnccn2)(c2ncc[nH]2)N3c2ncccn2)nc1. The Balaban J connectivity index is 1.57. The van der Waals surface area contributed by atoms with Crippen LogP contribution < -0.4 is 4.90 Å². The molecule has 0 bridgehead atoms. The normalized spacial score (nSPS) is 17.8. The average molecular weight is 567 g/mol. The van der Waals surface area contributed by atoms with Crippen LogP contribution in [0, 0.1) is 0 Å². The molecular formula is C32H22N8OS. The van der Waals surface area contributed by atoms with Crippen LogP contribution in [0.5, 0.6) is 0 Å². The Morgan fingerprint density at radius 2 is 1.74 bits per heavy atom. The first-order valence-electron chi connectivity index (χ1n) is 13.4. The van der Waals surface area contributed by atoms with Crippen LogP contribution in [-0.4, -0.2) is 34.9 Å². The molecule has 2 unspecified atom stereocenters. The Bertz CT molecular complexity index is 1930. The summed E-state index contributed by atoms with van der Waals surface area (Å²) in [5.41, 5.74) is 4.34. The second-order valence-electron chi connectivity index (χ2n) is 9.74. The lowest BCUT2D eigenvalue weighted by Gasteiger charge is -2.40. The number of nitrogens with zero attached hydrogens (tertiary/aromatic N) is 7. The standard InChI is InChI=1S/C32H22N8OS/c1-2-11-34-22(6-1)21-9-10-23-28(27(21)24-7-3-18-41-24)29(25-8-4-19-42-25)32(30-36-16-17-37-30,26-20-33-14-15-35-26)40(23)31-38-12-5-13-39-31/h1-20,29H,(H,36,37). The number of pyridine rings is 1. The van der Waals surface area contributed by atoms with E-state index in [0.717, 1.165) is 38.7 Å². The molecule has 9 nitrogen and oxygen atoms in total. The fourth-order valence-corrected chi connectivity index (χ4v) is 7.01. The van der Waals surface area contributed by atoms with E-state index < -0.39 is 5.54 Å². The number of hydrogen-bond donors (Lipinski definition) is 1. The molecule has 0 saturated carbocycles. The van der Waals surface area contributed by atoms with Crippen molar-refractivity contribution in [3.63, 3.8) is 0 Å². The molecule has 0 radical (unpaired) electrons. The van der Waals surface area contributed by atoms with Gasteiger partial charge in [0, 0.05) is 59.4 Å². The van der Waals surface area contributed by atoms with Gasteiger partial charge in [-0.25, -0.2) is 15.0 Å². The summed E-state index contributed by atoms with van der Waals surface area (Å²) in [6, 6.07) is 20.1. The Morgan fingerprint density at radius 3 is 2.45 bits per heavy atom. The third kappa shape index (κ3) is 3.55. The van der Waals surface area contributed by atoms with Crippen LogP contribution in [0.1, 0.15) is 27.9 Å². The highest BCUT2D eigenvalue weighted by atomic mass is 32.1. The molecule has 1 aliphatic rings. The lowest BCUT2D eigenvalue weighted by Crippen LogP contribution is -2.47. The molecule has 0 amide bonds. The van der Waals surface area contributed by atoms with Crippen LogP contribution in [0.4, 0.5) is 11.6 Å². The molecule has 1 aliphatic heterocycles. The number of anilines is 2. The first-order valence-corrected chi connectivity index (χ1v) is 14.2. The zero-order valence-electron chi connectivity index (χ0n) is 22.1. The Hall–Kier alpha value is -5.48. The van der Waals surface area contributed by atoms with Crippen molar-refractivity contribution < 1.29 is 4.42 Å². The van der Waals surface area contributed by atoms with Crippen LogP contribution in [0.2, 0.25) is 0 Å². The number of fused-ring (bicyclic) bond motifs is 1. The molecule has 10 heteroatoms. The predicted octanol–water partition coefficient (Wildman–Crippen LogP) is 6.60. The summed E-state index contributed by atoms with van der Waals surface area (Å²) in [5, 5.41) is 2.09. The van der Waals surface area contributed by atoms with E-state index in [0.29, 0.717) is 17.5 Å². The molecular weight excluding hydrogens is 544 g/mol. The van der Waals surface area contributed by atoms with Crippen molar-refractivity contribution in [2.24, 2.45) is 0 Å². The highest BCUT2D eigenvalue weighted by molar-refractivity contribution is 7.10. The summed E-state index contributed by atoms with van der Waals surface area (Å²) in [5.74, 6) is 1.62. The average Bonchev–Trinajstić information content (AvgIpc) is 3.88. The largest absolute Gasteiger partial charge is 0.464 e. The zero-order chi connectivity index (χ0) is 27.9. The molecule has 6 aromatic heterocycles. The highest BCUT2D eigenvalue weighted by Crippen LogP contribution is 2.63. The maximum Gasteiger partial charge on any atom is 0.231 e. The number of aromatic nitrogens is 7. The van der Waals surface area contributed by atoms with Gasteiger partial charge in [-0.3, -0.25) is 19.9 Å². The number of benzene rings is 1. The summed E-state index contributed by atoms with van der Waals surface area (Å²) in [6.07, 6.45) is 15.8. The monoisotopic (exact) mass is 566 g/mol. The third-order valence-electron chi connectivity index (χ3n) is 7.62.